The lowest BCUT2D eigenvalue weighted by atomic mass is 10.1. The number of carbonyl (C=O) groups excluding carboxylic acids is 1. The molecule has 0 bridgehead atoms. The first-order valence-electron chi connectivity index (χ1n) is 8.83. The smallest absolute Gasteiger partial charge is 0.263 e. The van der Waals surface area contributed by atoms with Crippen LogP contribution in [0.15, 0.2) is 24.3 Å². The number of hydrogen-bond acceptors (Lipinski definition) is 7. The van der Waals surface area contributed by atoms with E-state index in [0.29, 0.717) is 29.7 Å². The molecule has 0 unspecified atom stereocenters. The van der Waals surface area contributed by atoms with Gasteiger partial charge in [0.25, 0.3) is 5.88 Å². The second-order valence-corrected chi connectivity index (χ2v) is 6.15. The van der Waals surface area contributed by atoms with Crippen LogP contribution in [0, 0.1) is 0 Å². The normalized spacial score (nSPS) is 12.4. The van der Waals surface area contributed by atoms with Gasteiger partial charge < -0.3 is 19.3 Å². The molecule has 0 spiro atoms. The Labute approximate surface area is 153 Å². The molecule has 138 valence electrons. The fourth-order valence-corrected chi connectivity index (χ4v) is 2.88. The van der Waals surface area contributed by atoms with Gasteiger partial charge >= 0.3 is 0 Å². The second kappa shape index (κ2) is 7.70. The summed E-state index contributed by atoms with van der Waals surface area (Å²) in [5.41, 5.74) is 2.25. The number of anilines is 2. The SMILES string of the molecule is CCN(CC)CCOc1cc2c(nn1)Oc1cc(C(C)=O)ccc1N2C. The van der Waals surface area contributed by atoms with Crippen LogP contribution in [0.25, 0.3) is 0 Å². The van der Waals surface area contributed by atoms with Crippen molar-refractivity contribution in [3.05, 3.63) is 29.8 Å². The highest BCUT2D eigenvalue weighted by molar-refractivity contribution is 5.95. The zero-order valence-corrected chi connectivity index (χ0v) is 15.7. The van der Waals surface area contributed by atoms with Crippen LogP contribution in [0.4, 0.5) is 11.4 Å². The van der Waals surface area contributed by atoms with E-state index in [9.17, 15) is 4.79 Å². The van der Waals surface area contributed by atoms with E-state index in [1.54, 1.807) is 12.1 Å². The molecule has 1 aliphatic heterocycles. The third-order valence-corrected chi connectivity index (χ3v) is 4.57. The number of ether oxygens (including phenoxy) is 2. The fourth-order valence-electron chi connectivity index (χ4n) is 2.88. The average Bonchev–Trinajstić information content (AvgIpc) is 2.65. The summed E-state index contributed by atoms with van der Waals surface area (Å²) in [5.74, 6) is 1.46. The van der Waals surface area contributed by atoms with Gasteiger partial charge in [0.1, 0.15) is 12.3 Å². The number of rotatable bonds is 7. The highest BCUT2D eigenvalue weighted by atomic mass is 16.5. The number of nitrogens with zero attached hydrogens (tertiary/aromatic N) is 4. The van der Waals surface area contributed by atoms with Gasteiger partial charge in [-0.3, -0.25) is 4.79 Å². The molecule has 0 amide bonds. The van der Waals surface area contributed by atoms with Gasteiger partial charge in [0.05, 0.1) is 5.69 Å². The number of likely N-dealkylation sites (N-methyl/N-ethyl adjacent to an activating group) is 1. The largest absolute Gasteiger partial charge is 0.475 e. The van der Waals surface area contributed by atoms with Crippen molar-refractivity contribution in [2.75, 3.05) is 38.2 Å². The average molecular weight is 356 g/mol. The van der Waals surface area contributed by atoms with Gasteiger partial charge in [0, 0.05) is 25.2 Å². The lowest BCUT2D eigenvalue weighted by Crippen LogP contribution is -2.28. The van der Waals surface area contributed by atoms with Crippen LogP contribution in [0.3, 0.4) is 0 Å². The molecule has 0 saturated carbocycles. The second-order valence-electron chi connectivity index (χ2n) is 6.15. The van der Waals surface area contributed by atoms with Crippen molar-refractivity contribution >= 4 is 17.2 Å². The summed E-state index contributed by atoms with van der Waals surface area (Å²) < 4.78 is 11.6. The molecule has 1 aromatic carbocycles. The van der Waals surface area contributed by atoms with Crippen LogP contribution >= 0.6 is 0 Å². The molecule has 2 aromatic rings. The van der Waals surface area contributed by atoms with Crippen LogP contribution in [0.1, 0.15) is 31.1 Å². The van der Waals surface area contributed by atoms with Gasteiger partial charge in [-0.05, 0) is 38.2 Å². The van der Waals surface area contributed by atoms with E-state index >= 15 is 0 Å². The summed E-state index contributed by atoms with van der Waals surface area (Å²) in [7, 11) is 1.93. The van der Waals surface area contributed by atoms with E-state index < -0.39 is 0 Å². The number of hydrogen-bond donors (Lipinski definition) is 0. The summed E-state index contributed by atoms with van der Waals surface area (Å²) in [5, 5.41) is 8.24. The van der Waals surface area contributed by atoms with E-state index in [0.717, 1.165) is 31.0 Å². The molecule has 7 heteroatoms. The van der Waals surface area contributed by atoms with Crippen LogP contribution in [-0.2, 0) is 0 Å². The molecular weight excluding hydrogens is 332 g/mol. The predicted molar refractivity (Wildman–Crippen MR) is 99.9 cm³/mol. The summed E-state index contributed by atoms with van der Waals surface area (Å²) in [4.78, 5) is 15.8. The van der Waals surface area contributed by atoms with Crippen molar-refractivity contribution in [2.45, 2.75) is 20.8 Å². The van der Waals surface area contributed by atoms with Crippen molar-refractivity contribution in [3.8, 4) is 17.5 Å². The minimum atomic E-state index is -0.00659. The van der Waals surface area contributed by atoms with Crippen molar-refractivity contribution < 1.29 is 14.3 Å². The van der Waals surface area contributed by atoms with Gasteiger partial charge in [-0.25, -0.2) is 0 Å². The number of ketones is 1. The molecule has 0 atom stereocenters. The Morgan fingerprint density at radius 3 is 2.65 bits per heavy atom. The Kier molecular flexibility index (Phi) is 5.37. The highest BCUT2D eigenvalue weighted by Crippen LogP contribution is 2.45. The summed E-state index contributed by atoms with van der Waals surface area (Å²) in [6, 6.07) is 7.22. The molecular formula is C19H24N4O3. The fraction of sp³-hybridized carbons (Fsp3) is 0.421. The molecule has 7 nitrogen and oxygen atoms in total. The Bertz CT molecular complexity index is 805. The van der Waals surface area contributed by atoms with Gasteiger partial charge in [0.15, 0.2) is 11.5 Å². The summed E-state index contributed by atoms with van der Waals surface area (Å²) in [6.45, 7) is 9.17. The third-order valence-electron chi connectivity index (χ3n) is 4.57. The van der Waals surface area contributed by atoms with Crippen LogP contribution < -0.4 is 14.4 Å². The molecule has 1 aromatic heterocycles. The first-order valence-corrected chi connectivity index (χ1v) is 8.83. The van der Waals surface area contributed by atoms with Crippen LogP contribution in [-0.4, -0.2) is 54.2 Å². The molecule has 1 aliphatic rings. The maximum absolute atomic E-state index is 11.6. The van der Waals surface area contributed by atoms with Crippen molar-refractivity contribution in [2.24, 2.45) is 0 Å². The van der Waals surface area contributed by atoms with Crippen LogP contribution in [0.5, 0.6) is 17.5 Å². The number of benzene rings is 1. The van der Waals surface area contributed by atoms with E-state index in [1.807, 2.05) is 24.1 Å². The molecule has 0 aliphatic carbocycles. The summed E-state index contributed by atoms with van der Waals surface area (Å²) in [6.07, 6.45) is 0. The predicted octanol–water partition coefficient (Wildman–Crippen LogP) is 3.27. The van der Waals surface area contributed by atoms with E-state index in [4.69, 9.17) is 9.47 Å². The zero-order valence-electron chi connectivity index (χ0n) is 15.7. The van der Waals surface area contributed by atoms with Gasteiger partial charge in [-0.15, -0.1) is 10.2 Å². The maximum Gasteiger partial charge on any atom is 0.263 e. The number of carbonyl (C=O) groups is 1. The number of aromatic nitrogens is 2. The quantitative estimate of drug-likeness (QED) is 0.705. The topological polar surface area (TPSA) is 67.8 Å². The molecule has 0 fully saturated rings. The summed E-state index contributed by atoms with van der Waals surface area (Å²) >= 11 is 0. The molecule has 26 heavy (non-hydrogen) atoms. The van der Waals surface area contributed by atoms with E-state index in [1.165, 1.54) is 6.92 Å². The first-order chi connectivity index (χ1) is 12.5. The molecule has 2 heterocycles. The Balaban J connectivity index is 1.76. The monoisotopic (exact) mass is 356 g/mol. The minimum absolute atomic E-state index is 0.00659. The van der Waals surface area contributed by atoms with Crippen LogP contribution in [0.2, 0.25) is 0 Å². The lowest BCUT2D eigenvalue weighted by Gasteiger charge is -2.28. The Morgan fingerprint density at radius 2 is 1.96 bits per heavy atom. The highest BCUT2D eigenvalue weighted by Gasteiger charge is 2.25. The molecule has 0 saturated heterocycles. The van der Waals surface area contributed by atoms with E-state index in [2.05, 4.69) is 28.9 Å². The Morgan fingerprint density at radius 1 is 1.19 bits per heavy atom. The standard InChI is InChI=1S/C19H24N4O3/c1-5-23(6-2)9-10-25-18-12-16-19(21-20-18)26-17-11-14(13(3)24)7-8-15(17)22(16)4/h7-8,11-12H,5-6,9-10H2,1-4H3. The van der Waals surface area contributed by atoms with Gasteiger partial charge in [-0.1, -0.05) is 13.8 Å². The maximum atomic E-state index is 11.6. The number of Topliss-reactive ketones (excluding diaryl/α,β-unsaturated/α-hetero) is 1. The van der Waals surface area contributed by atoms with Gasteiger partial charge in [-0.2, -0.15) is 0 Å². The molecule has 0 N–H and O–H groups in total. The molecule has 3 rings (SSSR count). The molecule has 0 radical (unpaired) electrons. The Hall–Kier alpha value is -2.67. The lowest BCUT2D eigenvalue weighted by molar-refractivity contribution is 0.101. The van der Waals surface area contributed by atoms with Crippen molar-refractivity contribution in [1.82, 2.24) is 15.1 Å². The minimum Gasteiger partial charge on any atom is -0.475 e. The number of fused-ring (bicyclic) bond motifs is 2. The van der Waals surface area contributed by atoms with Crippen molar-refractivity contribution in [3.63, 3.8) is 0 Å². The first kappa shape index (κ1) is 18.1. The van der Waals surface area contributed by atoms with Crippen molar-refractivity contribution in [1.29, 1.82) is 0 Å². The zero-order chi connectivity index (χ0) is 18.7. The van der Waals surface area contributed by atoms with E-state index in [-0.39, 0.29) is 5.78 Å². The van der Waals surface area contributed by atoms with Gasteiger partial charge in [0.2, 0.25) is 5.88 Å². The third kappa shape index (κ3) is 3.62.